The van der Waals surface area contributed by atoms with Gasteiger partial charge in [0, 0.05) is 12.3 Å². The molecule has 18 heavy (non-hydrogen) atoms. The molecule has 0 radical (unpaired) electrons. The fourth-order valence-electron chi connectivity index (χ4n) is 2.60. The molecular weight excluding hydrogens is 246 g/mol. The van der Waals surface area contributed by atoms with Gasteiger partial charge in [-0.05, 0) is 31.6 Å². The number of anilines is 1. The highest BCUT2D eigenvalue weighted by Gasteiger charge is 2.27. The minimum atomic E-state index is 0.111. The standard InChI is InChI=1S/C13H19N3OS/c17-11(8-9-4-2-1-3-5-9)14-13-16-15-12(18-13)10-6-7-10/h9-10H,1-8H2,(H,14,16,17). The van der Waals surface area contributed by atoms with Gasteiger partial charge in [0.1, 0.15) is 5.01 Å². The van der Waals surface area contributed by atoms with E-state index in [9.17, 15) is 4.79 Å². The largest absolute Gasteiger partial charge is 0.301 e. The van der Waals surface area contributed by atoms with Gasteiger partial charge < -0.3 is 5.32 Å². The van der Waals surface area contributed by atoms with Crippen LogP contribution in [-0.2, 0) is 4.79 Å². The van der Waals surface area contributed by atoms with Crippen molar-refractivity contribution in [3.63, 3.8) is 0 Å². The van der Waals surface area contributed by atoms with E-state index >= 15 is 0 Å². The molecule has 0 unspecified atom stereocenters. The van der Waals surface area contributed by atoms with Gasteiger partial charge >= 0.3 is 0 Å². The second-order valence-electron chi connectivity index (χ2n) is 5.48. The van der Waals surface area contributed by atoms with Gasteiger partial charge in [-0.2, -0.15) is 0 Å². The highest BCUT2D eigenvalue weighted by molar-refractivity contribution is 7.15. The van der Waals surface area contributed by atoms with Gasteiger partial charge in [-0.25, -0.2) is 0 Å². The van der Waals surface area contributed by atoms with Gasteiger partial charge in [0.2, 0.25) is 11.0 Å². The third kappa shape index (κ3) is 3.07. The van der Waals surface area contributed by atoms with Crippen LogP contribution in [0.5, 0.6) is 0 Å². The number of amides is 1. The molecule has 0 bridgehead atoms. The van der Waals surface area contributed by atoms with Crippen molar-refractivity contribution in [3.8, 4) is 0 Å². The third-order valence-electron chi connectivity index (χ3n) is 3.81. The maximum atomic E-state index is 11.9. The molecule has 1 amide bonds. The predicted molar refractivity (Wildman–Crippen MR) is 71.7 cm³/mol. The third-order valence-corrected chi connectivity index (χ3v) is 4.81. The summed E-state index contributed by atoms with van der Waals surface area (Å²) in [7, 11) is 0. The molecular formula is C13H19N3OS. The Morgan fingerprint density at radius 1 is 1.17 bits per heavy atom. The fourth-order valence-corrected chi connectivity index (χ4v) is 3.53. The average molecular weight is 265 g/mol. The molecule has 2 saturated carbocycles. The summed E-state index contributed by atoms with van der Waals surface area (Å²) in [6, 6.07) is 0. The number of carbonyl (C=O) groups is 1. The molecule has 2 aliphatic rings. The van der Waals surface area contributed by atoms with Crippen LogP contribution in [0.3, 0.4) is 0 Å². The van der Waals surface area contributed by atoms with E-state index in [1.807, 2.05) is 0 Å². The zero-order chi connectivity index (χ0) is 12.4. The number of aromatic nitrogens is 2. The van der Waals surface area contributed by atoms with Crippen LogP contribution in [-0.4, -0.2) is 16.1 Å². The second-order valence-corrected chi connectivity index (χ2v) is 6.49. The minimum absolute atomic E-state index is 0.111. The Balaban J connectivity index is 1.49. The summed E-state index contributed by atoms with van der Waals surface area (Å²) in [6.07, 6.45) is 9.41. The molecule has 3 rings (SSSR count). The molecule has 98 valence electrons. The molecule has 1 aromatic rings. The first-order valence-electron chi connectivity index (χ1n) is 6.94. The van der Waals surface area contributed by atoms with E-state index in [1.54, 1.807) is 0 Å². The lowest BCUT2D eigenvalue weighted by molar-refractivity contribution is -0.117. The van der Waals surface area contributed by atoms with E-state index in [1.165, 1.54) is 56.3 Å². The summed E-state index contributed by atoms with van der Waals surface area (Å²) in [5.74, 6) is 1.31. The summed E-state index contributed by atoms with van der Waals surface area (Å²) in [5.41, 5.74) is 0. The molecule has 5 heteroatoms. The van der Waals surface area contributed by atoms with Gasteiger partial charge in [-0.3, -0.25) is 4.79 Å². The highest BCUT2D eigenvalue weighted by atomic mass is 32.1. The van der Waals surface area contributed by atoms with E-state index in [2.05, 4.69) is 15.5 Å². The predicted octanol–water partition coefficient (Wildman–Crippen LogP) is 3.32. The van der Waals surface area contributed by atoms with Crippen molar-refractivity contribution in [1.82, 2.24) is 10.2 Å². The Labute approximate surface area is 111 Å². The lowest BCUT2D eigenvalue weighted by Gasteiger charge is -2.20. The minimum Gasteiger partial charge on any atom is -0.301 e. The number of carbonyl (C=O) groups excluding carboxylic acids is 1. The number of hydrogen-bond donors (Lipinski definition) is 1. The van der Waals surface area contributed by atoms with Gasteiger partial charge in [0.05, 0.1) is 0 Å². The van der Waals surface area contributed by atoms with E-state index in [4.69, 9.17) is 0 Å². The van der Waals surface area contributed by atoms with E-state index in [-0.39, 0.29) is 5.91 Å². The summed E-state index contributed by atoms with van der Waals surface area (Å²) >= 11 is 1.54. The van der Waals surface area contributed by atoms with Crippen LogP contribution in [0.15, 0.2) is 0 Å². The number of nitrogens with one attached hydrogen (secondary N) is 1. The van der Waals surface area contributed by atoms with Gasteiger partial charge in [-0.15, -0.1) is 10.2 Å². The molecule has 0 spiro atoms. The van der Waals surface area contributed by atoms with Gasteiger partial charge in [0.25, 0.3) is 0 Å². The molecule has 0 aromatic carbocycles. The van der Waals surface area contributed by atoms with E-state index in [0.717, 1.165) is 5.01 Å². The van der Waals surface area contributed by atoms with Crippen molar-refractivity contribution < 1.29 is 4.79 Å². The molecule has 4 nitrogen and oxygen atoms in total. The first kappa shape index (κ1) is 12.1. The Hall–Kier alpha value is -0.970. The topological polar surface area (TPSA) is 54.9 Å². The van der Waals surface area contributed by atoms with Crippen LogP contribution in [0.2, 0.25) is 0 Å². The first-order chi connectivity index (χ1) is 8.81. The zero-order valence-corrected chi connectivity index (χ0v) is 11.3. The quantitative estimate of drug-likeness (QED) is 0.908. The van der Waals surface area contributed by atoms with Crippen LogP contribution in [0.4, 0.5) is 5.13 Å². The smallest absolute Gasteiger partial charge is 0.226 e. The van der Waals surface area contributed by atoms with Crippen LogP contribution in [0, 0.1) is 5.92 Å². The van der Waals surface area contributed by atoms with Crippen LogP contribution in [0.25, 0.3) is 0 Å². The summed E-state index contributed by atoms with van der Waals surface area (Å²) in [4.78, 5) is 11.9. The molecule has 2 aliphatic carbocycles. The highest BCUT2D eigenvalue weighted by Crippen LogP contribution is 2.42. The normalized spacial score (nSPS) is 20.9. The molecule has 0 aliphatic heterocycles. The zero-order valence-electron chi connectivity index (χ0n) is 10.5. The number of rotatable bonds is 4. The fraction of sp³-hybridized carbons (Fsp3) is 0.769. The molecule has 1 aromatic heterocycles. The van der Waals surface area contributed by atoms with Gasteiger partial charge in [0.15, 0.2) is 0 Å². The van der Waals surface area contributed by atoms with E-state index in [0.29, 0.717) is 23.4 Å². The van der Waals surface area contributed by atoms with Crippen molar-refractivity contribution in [1.29, 1.82) is 0 Å². The van der Waals surface area contributed by atoms with Crippen LogP contribution < -0.4 is 5.32 Å². The molecule has 0 atom stereocenters. The summed E-state index contributed by atoms with van der Waals surface area (Å²) < 4.78 is 0. The molecule has 0 saturated heterocycles. The lowest BCUT2D eigenvalue weighted by Crippen LogP contribution is -2.18. The first-order valence-corrected chi connectivity index (χ1v) is 7.76. The van der Waals surface area contributed by atoms with Crippen molar-refractivity contribution in [3.05, 3.63) is 5.01 Å². The monoisotopic (exact) mass is 265 g/mol. The van der Waals surface area contributed by atoms with Crippen molar-refractivity contribution in [2.45, 2.75) is 57.3 Å². The van der Waals surface area contributed by atoms with Crippen molar-refractivity contribution in [2.75, 3.05) is 5.32 Å². The average Bonchev–Trinajstić information content (AvgIpc) is 3.12. The Morgan fingerprint density at radius 3 is 2.67 bits per heavy atom. The summed E-state index contributed by atoms with van der Waals surface area (Å²) in [5, 5.41) is 12.8. The Bertz CT molecular complexity index is 422. The Morgan fingerprint density at radius 2 is 1.94 bits per heavy atom. The maximum absolute atomic E-state index is 11.9. The van der Waals surface area contributed by atoms with Crippen molar-refractivity contribution in [2.24, 2.45) is 5.92 Å². The number of nitrogens with zero attached hydrogens (tertiary/aromatic N) is 2. The van der Waals surface area contributed by atoms with E-state index < -0.39 is 0 Å². The number of hydrogen-bond acceptors (Lipinski definition) is 4. The molecule has 2 fully saturated rings. The second kappa shape index (κ2) is 5.34. The molecule has 1 heterocycles. The molecule has 1 N–H and O–H groups in total. The van der Waals surface area contributed by atoms with Crippen LogP contribution >= 0.6 is 11.3 Å². The van der Waals surface area contributed by atoms with Crippen LogP contribution in [0.1, 0.15) is 62.3 Å². The van der Waals surface area contributed by atoms with Crippen molar-refractivity contribution >= 4 is 22.4 Å². The van der Waals surface area contributed by atoms with Gasteiger partial charge in [-0.1, -0.05) is 30.6 Å². The summed E-state index contributed by atoms with van der Waals surface area (Å²) in [6.45, 7) is 0. The lowest BCUT2D eigenvalue weighted by atomic mass is 9.87. The SMILES string of the molecule is O=C(CC1CCCCC1)Nc1nnc(C2CC2)s1. The maximum Gasteiger partial charge on any atom is 0.226 e. The Kier molecular flexibility index (Phi) is 3.59.